The Balaban J connectivity index is 2.61. The van der Waals surface area contributed by atoms with Crippen LogP contribution in [0, 0.1) is 0 Å². The molecule has 5 N–H and O–H groups in total. The summed E-state index contributed by atoms with van der Waals surface area (Å²) in [4.78, 5) is 10.6. The fraction of sp³-hybridized carbons (Fsp3) is 0.300. The van der Waals surface area contributed by atoms with Crippen LogP contribution < -0.4 is 11.1 Å². The fourth-order valence-corrected chi connectivity index (χ4v) is 1.73. The summed E-state index contributed by atoms with van der Waals surface area (Å²) in [6.45, 7) is 0.190. The van der Waals surface area contributed by atoms with Gasteiger partial charge in [-0.1, -0.05) is 23.2 Å². The van der Waals surface area contributed by atoms with Crippen molar-refractivity contribution in [1.29, 1.82) is 0 Å². The van der Waals surface area contributed by atoms with E-state index in [0.717, 1.165) is 0 Å². The van der Waals surface area contributed by atoms with E-state index in [2.05, 4.69) is 5.32 Å². The van der Waals surface area contributed by atoms with Gasteiger partial charge in [0, 0.05) is 23.7 Å². The minimum atomic E-state index is -1.27. The van der Waals surface area contributed by atoms with E-state index in [1.165, 1.54) is 12.1 Å². The third-order valence-electron chi connectivity index (χ3n) is 2.09. The van der Waals surface area contributed by atoms with Crippen LogP contribution in [0.25, 0.3) is 0 Å². The van der Waals surface area contributed by atoms with Crippen molar-refractivity contribution >= 4 is 29.1 Å². The van der Waals surface area contributed by atoms with Gasteiger partial charge in [-0.25, -0.2) is 0 Å². The van der Waals surface area contributed by atoms with E-state index in [0.29, 0.717) is 10.6 Å². The van der Waals surface area contributed by atoms with Crippen molar-refractivity contribution in [2.24, 2.45) is 5.73 Å². The molecule has 0 radical (unpaired) electrons. The van der Waals surface area contributed by atoms with Crippen molar-refractivity contribution in [3.63, 3.8) is 0 Å². The van der Waals surface area contributed by atoms with E-state index in [1.54, 1.807) is 0 Å². The number of amides is 1. The number of phenols is 1. The van der Waals surface area contributed by atoms with E-state index in [9.17, 15) is 9.90 Å². The van der Waals surface area contributed by atoms with Gasteiger partial charge in [0.15, 0.2) is 0 Å². The molecule has 0 fully saturated rings. The number of phenolic OH excluding ortho intramolecular Hbond substituents is 1. The van der Waals surface area contributed by atoms with Crippen LogP contribution in [-0.2, 0) is 11.3 Å². The molecule has 0 bridgehead atoms. The predicted molar refractivity (Wildman–Crippen MR) is 65.0 cm³/mol. The highest BCUT2D eigenvalue weighted by molar-refractivity contribution is 6.35. The molecule has 1 aromatic rings. The Morgan fingerprint density at radius 2 is 2.12 bits per heavy atom. The first-order valence-corrected chi connectivity index (χ1v) is 5.52. The number of halogens is 2. The molecular weight excluding hydrogens is 267 g/mol. The summed E-state index contributed by atoms with van der Waals surface area (Å²) in [7, 11) is 0. The Hall–Kier alpha value is -1.01. The van der Waals surface area contributed by atoms with Gasteiger partial charge >= 0.3 is 0 Å². The normalized spacial score (nSPS) is 12.4. The largest absolute Gasteiger partial charge is 0.506 e. The number of carbonyl (C=O) groups excluding carboxylic acids is 1. The first-order valence-electron chi connectivity index (χ1n) is 4.76. The van der Waals surface area contributed by atoms with Crippen LogP contribution in [0.15, 0.2) is 12.1 Å². The van der Waals surface area contributed by atoms with Crippen LogP contribution in [-0.4, -0.2) is 28.8 Å². The molecule has 0 spiro atoms. The molecule has 94 valence electrons. The average Bonchev–Trinajstić information content (AvgIpc) is 2.24. The topological polar surface area (TPSA) is 95.6 Å². The van der Waals surface area contributed by atoms with Crippen molar-refractivity contribution in [2.45, 2.75) is 12.6 Å². The van der Waals surface area contributed by atoms with Gasteiger partial charge in [0.2, 0.25) is 5.91 Å². The SMILES string of the molecule is NC(=O)C(O)CNCc1cc(Cl)cc(Cl)c1O. The van der Waals surface area contributed by atoms with Gasteiger partial charge in [0.05, 0.1) is 5.02 Å². The molecule has 1 rings (SSSR count). The molecule has 17 heavy (non-hydrogen) atoms. The van der Waals surface area contributed by atoms with Gasteiger partial charge < -0.3 is 21.3 Å². The number of nitrogens with two attached hydrogens (primary N) is 1. The second-order valence-electron chi connectivity index (χ2n) is 3.44. The maximum atomic E-state index is 10.6. The molecular formula is C10H12Cl2N2O3. The Morgan fingerprint density at radius 1 is 1.47 bits per heavy atom. The van der Waals surface area contributed by atoms with Crippen molar-refractivity contribution in [3.8, 4) is 5.75 Å². The second kappa shape index (κ2) is 6.07. The van der Waals surface area contributed by atoms with Gasteiger partial charge in [0.25, 0.3) is 0 Å². The van der Waals surface area contributed by atoms with Crippen LogP contribution in [0.4, 0.5) is 0 Å². The van der Waals surface area contributed by atoms with E-state index in [-0.39, 0.29) is 23.9 Å². The van der Waals surface area contributed by atoms with Gasteiger partial charge in [0.1, 0.15) is 11.9 Å². The number of aliphatic hydroxyl groups is 1. The van der Waals surface area contributed by atoms with Crippen molar-refractivity contribution in [1.82, 2.24) is 5.32 Å². The van der Waals surface area contributed by atoms with Crippen LogP contribution >= 0.6 is 23.2 Å². The molecule has 0 aromatic heterocycles. The van der Waals surface area contributed by atoms with Crippen molar-refractivity contribution in [2.75, 3.05) is 6.54 Å². The highest BCUT2D eigenvalue weighted by Gasteiger charge is 2.11. The lowest BCUT2D eigenvalue weighted by atomic mass is 10.2. The maximum Gasteiger partial charge on any atom is 0.247 e. The van der Waals surface area contributed by atoms with Crippen molar-refractivity contribution < 1.29 is 15.0 Å². The summed E-state index contributed by atoms with van der Waals surface area (Å²) in [5.41, 5.74) is 5.34. The lowest BCUT2D eigenvalue weighted by Crippen LogP contribution is -2.37. The molecule has 0 saturated carbocycles. The number of hydrogen-bond donors (Lipinski definition) is 4. The number of aromatic hydroxyl groups is 1. The molecule has 7 heteroatoms. The summed E-state index contributed by atoms with van der Waals surface area (Å²) in [5.74, 6) is -0.900. The zero-order chi connectivity index (χ0) is 13.0. The Bertz CT molecular complexity index is 426. The van der Waals surface area contributed by atoms with Crippen LogP contribution in [0.5, 0.6) is 5.75 Å². The Labute approximate surface area is 108 Å². The van der Waals surface area contributed by atoms with Crippen LogP contribution in [0.3, 0.4) is 0 Å². The summed E-state index contributed by atoms with van der Waals surface area (Å²) in [6.07, 6.45) is -1.27. The van der Waals surface area contributed by atoms with Gasteiger partial charge in [-0.3, -0.25) is 4.79 Å². The van der Waals surface area contributed by atoms with E-state index in [1.807, 2.05) is 0 Å². The molecule has 1 unspecified atom stereocenters. The number of hydrogen-bond acceptors (Lipinski definition) is 4. The van der Waals surface area contributed by atoms with Crippen molar-refractivity contribution in [3.05, 3.63) is 27.7 Å². The summed E-state index contributed by atoms with van der Waals surface area (Å²) < 4.78 is 0. The molecule has 0 heterocycles. The minimum Gasteiger partial charge on any atom is -0.506 e. The number of carbonyl (C=O) groups is 1. The lowest BCUT2D eigenvalue weighted by molar-refractivity contribution is -0.125. The summed E-state index contributed by atoms with van der Waals surface area (Å²) >= 11 is 11.5. The number of rotatable bonds is 5. The molecule has 0 saturated heterocycles. The van der Waals surface area contributed by atoms with Crippen LogP contribution in [0.2, 0.25) is 10.0 Å². The van der Waals surface area contributed by atoms with E-state index < -0.39 is 12.0 Å². The minimum absolute atomic E-state index is 0.0150. The number of nitrogens with one attached hydrogen (secondary N) is 1. The van der Waals surface area contributed by atoms with Crippen LogP contribution in [0.1, 0.15) is 5.56 Å². The molecule has 1 amide bonds. The quantitative estimate of drug-likeness (QED) is 0.636. The standard InChI is InChI=1S/C10H12Cl2N2O3/c11-6-1-5(9(16)7(12)2-6)3-14-4-8(15)10(13)17/h1-2,8,14-16H,3-4H2,(H2,13,17). The summed E-state index contributed by atoms with van der Waals surface area (Å²) in [5, 5.41) is 22.0. The summed E-state index contributed by atoms with van der Waals surface area (Å²) in [6, 6.07) is 2.95. The third kappa shape index (κ3) is 4.05. The lowest BCUT2D eigenvalue weighted by Gasteiger charge is -2.10. The first-order chi connectivity index (χ1) is 7.91. The molecule has 5 nitrogen and oxygen atoms in total. The molecule has 0 aliphatic heterocycles. The highest BCUT2D eigenvalue weighted by atomic mass is 35.5. The zero-order valence-corrected chi connectivity index (χ0v) is 10.3. The highest BCUT2D eigenvalue weighted by Crippen LogP contribution is 2.30. The zero-order valence-electron chi connectivity index (χ0n) is 8.78. The Morgan fingerprint density at radius 3 is 2.71 bits per heavy atom. The third-order valence-corrected chi connectivity index (χ3v) is 2.60. The maximum absolute atomic E-state index is 10.6. The number of aliphatic hydroxyl groups excluding tert-OH is 1. The predicted octanol–water partition coefficient (Wildman–Crippen LogP) is 0.635. The monoisotopic (exact) mass is 278 g/mol. The molecule has 0 aliphatic carbocycles. The van der Waals surface area contributed by atoms with Gasteiger partial charge in [-0.05, 0) is 12.1 Å². The molecule has 1 aromatic carbocycles. The fourth-order valence-electron chi connectivity index (χ4n) is 1.20. The number of benzene rings is 1. The van der Waals surface area contributed by atoms with Gasteiger partial charge in [-0.15, -0.1) is 0 Å². The van der Waals surface area contributed by atoms with Gasteiger partial charge in [-0.2, -0.15) is 0 Å². The Kier molecular flexibility index (Phi) is 5.02. The van der Waals surface area contributed by atoms with E-state index in [4.69, 9.17) is 34.0 Å². The average molecular weight is 279 g/mol. The van der Waals surface area contributed by atoms with E-state index >= 15 is 0 Å². The molecule has 0 aliphatic rings. The molecule has 1 atom stereocenters. The smallest absolute Gasteiger partial charge is 0.247 e. The second-order valence-corrected chi connectivity index (χ2v) is 4.29. The first kappa shape index (κ1) is 14.1. The number of primary amides is 1.